The molecule has 3 heteroatoms. The third-order valence-electron chi connectivity index (χ3n) is 2.75. The first-order valence-corrected chi connectivity index (χ1v) is 5.81. The number of rotatable bonds is 4. The molecule has 0 aromatic heterocycles. The number of aryl methyl sites for hydroxylation is 1. The second-order valence-electron chi connectivity index (χ2n) is 4.34. The van der Waals surface area contributed by atoms with Gasteiger partial charge in [0.15, 0.2) is 5.78 Å². The lowest BCUT2D eigenvalue weighted by molar-refractivity contribution is 0.0883. The molecule has 1 heterocycles. The van der Waals surface area contributed by atoms with Gasteiger partial charge in [-0.3, -0.25) is 4.79 Å². The standard InChI is InChI=1S/C16H23NO.ClH/c1-13-6-8-15(9-7-13)16(18)14(2)12-17-10-4-3-5-11-17;/h6-9,14H,3-5,10-12H2,1-2H3;1H/t14-;/m0./s1/i3D2,4D2,5D2,10D2,11D2;. The molecule has 0 bridgehead atoms. The predicted molar refractivity (Wildman–Crippen MR) is 82.2 cm³/mol. The zero-order valence-electron chi connectivity index (χ0n) is 20.9. The Morgan fingerprint density at radius 1 is 1.26 bits per heavy atom. The number of piperidine rings is 1. The highest BCUT2D eigenvalue weighted by Gasteiger charge is 2.19. The van der Waals surface area contributed by atoms with Gasteiger partial charge < -0.3 is 4.90 Å². The topological polar surface area (TPSA) is 20.3 Å². The van der Waals surface area contributed by atoms with Crippen LogP contribution in [-0.4, -0.2) is 30.2 Å². The Morgan fingerprint density at radius 2 is 1.84 bits per heavy atom. The summed E-state index contributed by atoms with van der Waals surface area (Å²) in [5, 5.41) is 0. The maximum Gasteiger partial charge on any atom is 0.166 e. The van der Waals surface area contributed by atoms with Crippen LogP contribution in [-0.2, 0) is 0 Å². The van der Waals surface area contributed by atoms with Crippen molar-refractivity contribution in [1.29, 1.82) is 0 Å². The smallest absolute Gasteiger partial charge is 0.166 e. The van der Waals surface area contributed by atoms with E-state index >= 15 is 0 Å². The van der Waals surface area contributed by atoms with Crippen molar-refractivity contribution < 1.29 is 18.5 Å². The molecule has 1 aliphatic rings. The lowest BCUT2D eigenvalue weighted by Gasteiger charge is -2.28. The van der Waals surface area contributed by atoms with Gasteiger partial charge in [-0.2, -0.15) is 0 Å². The summed E-state index contributed by atoms with van der Waals surface area (Å²) in [6, 6.07) is 6.58. The lowest BCUT2D eigenvalue weighted by Crippen LogP contribution is -2.35. The van der Waals surface area contributed by atoms with Gasteiger partial charge in [0, 0.05) is 31.7 Å². The number of Topliss-reactive ketones (excluding diaryl/α,β-unsaturated/α-hetero) is 1. The first kappa shape index (κ1) is 6.73. The fourth-order valence-electron chi connectivity index (χ4n) is 1.70. The number of ketones is 1. The molecule has 0 amide bonds. The molecule has 2 rings (SSSR count). The fraction of sp³-hybridized carbons (Fsp3) is 0.562. The molecule has 1 aromatic carbocycles. The molecular weight excluding hydrogens is 258 g/mol. The second-order valence-corrected chi connectivity index (χ2v) is 4.34. The molecule has 1 fully saturated rings. The molecule has 1 aromatic rings. The summed E-state index contributed by atoms with van der Waals surface area (Å²) >= 11 is 0. The Morgan fingerprint density at radius 3 is 2.42 bits per heavy atom. The zero-order chi connectivity index (χ0) is 21.9. The van der Waals surface area contributed by atoms with Crippen molar-refractivity contribution in [3.05, 3.63) is 35.4 Å². The molecule has 0 N–H and O–H groups in total. The highest BCUT2D eigenvalue weighted by molar-refractivity contribution is 5.97. The summed E-state index contributed by atoms with van der Waals surface area (Å²) < 4.78 is 79.7. The van der Waals surface area contributed by atoms with Crippen LogP contribution >= 0.6 is 12.4 Å². The minimum absolute atomic E-state index is 0. The minimum Gasteiger partial charge on any atom is -0.303 e. The van der Waals surface area contributed by atoms with E-state index in [0.29, 0.717) is 10.5 Å². The number of hydrogen-bond acceptors (Lipinski definition) is 2. The molecule has 1 atom stereocenters. The van der Waals surface area contributed by atoms with Crippen molar-refractivity contribution in [1.82, 2.24) is 4.90 Å². The number of nitrogens with zero attached hydrogens (tertiary/aromatic N) is 1. The van der Waals surface area contributed by atoms with Crippen LogP contribution in [0.3, 0.4) is 0 Å². The Hall–Kier alpha value is -0.860. The van der Waals surface area contributed by atoms with Gasteiger partial charge in [0.1, 0.15) is 0 Å². The van der Waals surface area contributed by atoms with Crippen molar-refractivity contribution >= 4 is 18.2 Å². The van der Waals surface area contributed by atoms with E-state index in [9.17, 15) is 4.79 Å². The van der Waals surface area contributed by atoms with E-state index in [0.717, 1.165) is 5.56 Å². The number of hydrogen-bond donors (Lipinski definition) is 0. The SMILES string of the molecule is Cl.[2H]C1([2H])N(C[C@H](C)C(=O)c2ccc(C)cc2)C([2H])([2H])C([2H])([2H])C([2H])([2H])C1([2H])[2H]. The van der Waals surface area contributed by atoms with E-state index in [1.54, 1.807) is 24.3 Å². The van der Waals surface area contributed by atoms with E-state index in [-0.39, 0.29) is 12.4 Å². The Labute approximate surface area is 136 Å². The van der Waals surface area contributed by atoms with Gasteiger partial charge in [-0.05, 0) is 32.7 Å². The maximum atomic E-state index is 12.7. The largest absolute Gasteiger partial charge is 0.303 e. The first-order valence-electron chi connectivity index (χ1n) is 10.8. The Bertz CT molecular complexity index is 735. The maximum absolute atomic E-state index is 12.7. The number of halogens is 1. The summed E-state index contributed by atoms with van der Waals surface area (Å²) in [5.41, 5.74) is 1.24. The van der Waals surface area contributed by atoms with Crippen molar-refractivity contribution in [2.45, 2.75) is 33.0 Å². The predicted octanol–water partition coefficient (Wildman–Crippen LogP) is 3.72. The molecule has 2 nitrogen and oxygen atoms in total. The normalized spacial score (nSPS) is 38.6. The van der Waals surface area contributed by atoms with Crippen LogP contribution in [0.15, 0.2) is 24.3 Å². The highest BCUT2D eigenvalue weighted by atomic mass is 35.5. The molecule has 106 valence electrons. The third kappa shape index (κ3) is 4.63. The zero-order valence-corrected chi connectivity index (χ0v) is 11.7. The minimum atomic E-state index is -3.45. The van der Waals surface area contributed by atoms with E-state index < -0.39 is 50.4 Å². The third-order valence-corrected chi connectivity index (χ3v) is 2.75. The molecule has 0 radical (unpaired) electrons. The first-order chi connectivity index (χ1) is 12.4. The van der Waals surface area contributed by atoms with Crippen LogP contribution in [0, 0.1) is 12.8 Å². The van der Waals surface area contributed by atoms with Gasteiger partial charge in [-0.15, -0.1) is 12.4 Å². The van der Waals surface area contributed by atoms with E-state index in [4.69, 9.17) is 13.7 Å². The van der Waals surface area contributed by atoms with Crippen molar-refractivity contribution in [2.75, 3.05) is 19.5 Å². The van der Waals surface area contributed by atoms with Crippen LogP contribution < -0.4 is 0 Å². The van der Waals surface area contributed by atoms with Gasteiger partial charge in [-0.25, -0.2) is 0 Å². The summed E-state index contributed by atoms with van der Waals surface area (Å²) in [4.78, 5) is 13.0. The number of carbonyl (C=O) groups is 1. The van der Waals surface area contributed by atoms with Crippen molar-refractivity contribution in [3.8, 4) is 0 Å². The number of likely N-dealkylation sites (tertiary alicyclic amines) is 1. The average molecular weight is 292 g/mol. The Kier molecular flexibility index (Phi) is 2.71. The Balaban J connectivity index is 0.00000420. The molecule has 1 aliphatic heterocycles. The van der Waals surface area contributed by atoms with Crippen LogP contribution in [0.4, 0.5) is 0 Å². The summed E-state index contributed by atoms with van der Waals surface area (Å²) in [6.45, 7) is -3.77. The van der Waals surface area contributed by atoms with Gasteiger partial charge in [0.2, 0.25) is 0 Å². The average Bonchev–Trinajstić information content (AvgIpc) is 2.57. The molecule has 0 unspecified atom stereocenters. The van der Waals surface area contributed by atoms with Gasteiger partial charge in [-0.1, -0.05) is 43.1 Å². The molecule has 0 aliphatic carbocycles. The van der Waals surface area contributed by atoms with Crippen molar-refractivity contribution in [2.24, 2.45) is 5.92 Å². The summed E-state index contributed by atoms with van der Waals surface area (Å²) in [7, 11) is 0. The lowest BCUT2D eigenvalue weighted by atomic mass is 9.97. The second kappa shape index (κ2) is 7.66. The fourth-order valence-corrected chi connectivity index (χ4v) is 1.70. The van der Waals surface area contributed by atoms with Crippen LogP contribution in [0.25, 0.3) is 0 Å². The summed E-state index contributed by atoms with van der Waals surface area (Å²) in [6.07, 6.45) is -10.2. The molecular formula is C16H24ClNO. The molecule has 1 saturated heterocycles. The molecule has 19 heavy (non-hydrogen) atoms. The highest BCUT2D eigenvalue weighted by Crippen LogP contribution is 2.15. The van der Waals surface area contributed by atoms with Crippen LogP contribution in [0.2, 0.25) is 0 Å². The molecule has 0 spiro atoms. The van der Waals surface area contributed by atoms with E-state index in [2.05, 4.69) is 0 Å². The number of carbonyl (C=O) groups excluding carboxylic acids is 1. The summed E-state index contributed by atoms with van der Waals surface area (Å²) in [5.74, 6) is -1.41. The van der Waals surface area contributed by atoms with E-state index in [1.165, 1.54) is 6.92 Å². The quantitative estimate of drug-likeness (QED) is 0.788. The number of benzene rings is 1. The molecule has 0 saturated carbocycles. The van der Waals surface area contributed by atoms with E-state index in [1.807, 2.05) is 6.92 Å². The van der Waals surface area contributed by atoms with Crippen LogP contribution in [0.1, 0.15) is 55.7 Å². The van der Waals surface area contributed by atoms with Gasteiger partial charge >= 0.3 is 0 Å². The van der Waals surface area contributed by atoms with Gasteiger partial charge in [0.05, 0.1) is 0 Å². The van der Waals surface area contributed by atoms with Gasteiger partial charge in [0.25, 0.3) is 0 Å². The van der Waals surface area contributed by atoms with Crippen molar-refractivity contribution in [3.63, 3.8) is 0 Å². The monoisotopic (exact) mass is 291 g/mol. The van der Waals surface area contributed by atoms with Crippen LogP contribution in [0.5, 0.6) is 0 Å².